The fourth-order valence-electron chi connectivity index (χ4n) is 3.00. The van der Waals surface area contributed by atoms with Gasteiger partial charge in [-0.1, -0.05) is 65.7 Å². The standard InChI is InChI=1S/C25H26O2/c1-18-10-12-24(20(3)14-18)26-17-23(16-22-8-6-5-7-9-22)27-25-13-11-19(2)15-21(25)4/h5-16H,17H2,1-4H3/b23-16-. The van der Waals surface area contributed by atoms with Gasteiger partial charge < -0.3 is 9.47 Å². The van der Waals surface area contributed by atoms with Gasteiger partial charge in [0.05, 0.1) is 0 Å². The Morgan fingerprint density at radius 3 is 1.93 bits per heavy atom. The number of hydrogen-bond donors (Lipinski definition) is 0. The maximum absolute atomic E-state index is 6.23. The molecule has 3 aromatic carbocycles. The highest BCUT2D eigenvalue weighted by Gasteiger charge is 2.08. The van der Waals surface area contributed by atoms with E-state index in [1.165, 1.54) is 11.1 Å². The second-order valence-corrected chi connectivity index (χ2v) is 6.95. The van der Waals surface area contributed by atoms with Gasteiger partial charge in [0.2, 0.25) is 0 Å². The lowest BCUT2D eigenvalue weighted by Crippen LogP contribution is -2.08. The predicted octanol–water partition coefficient (Wildman–Crippen LogP) is 6.42. The lowest BCUT2D eigenvalue weighted by Gasteiger charge is -2.15. The zero-order valence-electron chi connectivity index (χ0n) is 16.5. The zero-order valence-corrected chi connectivity index (χ0v) is 16.5. The summed E-state index contributed by atoms with van der Waals surface area (Å²) in [5, 5.41) is 0. The summed E-state index contributed by atoms with van der Waals surface area (Å²) < 4.78 is 12.3. The molecule has 0 heterocycles. The number of aryl methyl sites for hydroxylation is 4. The first kappa shape index (κ1) is 18.8. The molecule has 0 aliphatic heterocycles. The molecule has 0 fully saturated rings. The van der Waals surface area contributed by atoms with Gasteiger partial charge in [0.1, 0.15) is 23.9 Å². The van der Waals surface area contributed by atoms with Crippen LogP contribution in [0.25, 0.3) is 6.08 Å². The lowest BCUT2D eigenvalue weighted by molar-refractivity contribution is 0.281. The Balaban J connectivity index is 1.84. The van der Waals surface area contributed by atoms with E-state index in [2.05, 4.69) is 64.1 Å². The number of hydrogen-bond acceptors (Lipinski definition) is 2. The highest BCUT2D eigenvalue weighted by atomic mass is 16.5. The maximum atomic E-state index is 6.23. The van der Waals surface area contributed by atoms with Gasteiger partial charge >= 0.3 is 0 Å². The number of rotatable bonds is 6. The average Bonchev–Trinajstić information content (AvgIpc) is 2.64. The fourth-order valence-corrected chi connectivity index (χ4v) is 3.00. The molecular weight excluding hydrogens is 332 g/mol. The molecule has 0 aromatic heterocycles. The summed E-state index contributed by atoms with van der Waals surface area (Å²) in [6.45, 7) is 8.66. The monoisotopic (exact) mass is 358 g/mol. The van der Waals surface area contributed by atoms with E-state index < -0.39 is 0 Å². The van der Waals surface area contributed by atoms with Crippen molar-refractivity contribution in [2.24, 2.45) is 0 Å². The van der Waals surface area contributed by atoms with E-state index in [-0.39, 0.29) is 0 Å². The van der Waals surface area contributed by atoms with Gasteiger partial charge in [0.25, 0.3) is 0 Å². The van der Waals surface area contributed by atoms with E-state index in [0.717, 1.165) is 33.9 Å². The van der Waals surface area contributed by atoms with E-state index in [1.54, 1.807) is 0 Å². The molecule has 0 N–H and O–H groups in total. The Morgan fingerprint density at radius 1 is 0.741 bits per heavy atom. The van der Waals surface area contributed by atoms with Gasteiger partial charge in [-0.3, -0.25) is 0 Å². The van der Waals surface area contributed by atoms with Crippen LogP contribution in [0.1, 0.15) is 27.8 Å². The summed E-state index contributed by atoms with van der Waals surface area (Å²) >= 11 is 0. The zero-order chi connectivity index (χ0) is 19.2. The third-order valence-corrected chi connectivity index (χ3v) is 4.40. The SMILES string of the molecule is Cc1ccc(OC/C(=C/c2ccccc2)Oc2ccc(C)cc2C)c(C)c1. The van der Waals surface area contributed by atoms with Gasteiger partial charge in [-0.2, -0.15) is 0 Å². The summed E-state index contributed by atoms with van der Waals surface area (Å²) in [5.74, 6) is 2.50. The molecule has 0 saturated heterocycles. The lowest BCUT2D eigenvalue weighted by atomic mass is 10.1. The van der Waals surface area contributed by atoms with Crippen LogP contribution in [0.4, 0.5) is 0 Å². The van der Waals surface area contributed by atoms with Crippen LogP contribution in [0.5, 0.6) is 11.5 Å². The average molecular weight is 358 g/mol. The summed E-state index contributed by atoms with van der Waals surface area (Å²) in [6.07, 6.45) is 2.03. The van der Waals surface area contributed by atoms with Gasteiger partial charge in [0.15, 0.2) is 0 Å². The van der Waals surface area contributed by atoms with Crippen molar-refractivity contribution in [2.75, 3.05) is 6.61 Å². The van der Waals surface area contributed by atoms with E-state index in [4.69, 9.17) is 9.47 Å². The minimum atomic E-state index is 0.367. The van der Waals surface area contributed by atoms with Gasteiger partial charge in [-0.15, -0.1) is 0 Å². The molecular formula is C25H26O2. The maximum Gasteiger partial charge on any atom is 0.146 e. The van der Waals surface area contributed by atoms with Crippen molar-refractivity contribution in [3.05, 3.63) is 100 Å². The topological polar surface area (TPSA) is 18.5 Å². The number of ether oxygens (including phenoxy) is 2. The van der Waals surface area contributed by atoms with Crippen LogP contribution < -0.4 is 9.47 Å². The van der Waals surface area contributed by atoms with Gasteiger partial charge in [0, 0.05) is 0 Å². The molecule has 0 radical (unpaired) electrons. The molecule has 3 aromatic rings. The Kier molecular flexibility index (Phi) is 5.97. The normalized spacial score (nSPS) is 11.3. The molecule has 2 nitrogen and oxygen atoms in total. The Bertz CT molecular complexity index is 940. The van der Waals surface area contributed by atoms with Crippen LogP contribution in [0, 0.1) is 27.7 Å². The predicted molar refractivity (Wildman–Crippen MR) is 112 cm³/mol. The Hall–Kier alpha value is -3.00. The largest absolute Gasteiger partial charge is 0.485 e. The molecule has 27 heavy (non-hydrogen) atoms. The van der Waals surface area contributed by atoms with Crippen molar-refractivity contribution in [1.29, 1.82) is 0 Å². The Labute approximate surface area is 162 Å². The van der Waals surface area contributed by atoms with Crippen LogP contribution in [-0.2, 0) is 0 Å². The molecule has 0 spiro atoms. The van der Waals surface area contributed by atoms with Crippen molar-refractivity contribution in [1.82, 2.24) is 0 Å². The quantitative estimate of drug-likeness (QED) is 0.473. The molecule has 0 atom stereocenters. The van der Waals surface area contributed by atoms with Crippen molar-refractivity contribution >= 4 is 6.08 Å². The molecule has 0 amide bonds. The van der Waals surface area contributed by atoms with Crippen LogP contribution in [-0.4, -0.2) is 6.61 Å². The Morgan fingerprint density at radius 2 is 1.33 bits per heavy atom. The molecule has 0 aliphatic carbocycles. The van der Waals surface area contributed by atoms with E-state index in [0.29, 0.717) is 6.61 Å². The van der Waals surface area contributed by atoms with Crippen LogP contribution in [0.3, 0.4) is 0 Å². The molecule has 0 unspecified atom stereocenters. The van der Waals surface area contributed by atoms with Crippen molar-refractivity contribution in [3.8, 4) is 11.5 Å². The molecule has 0 bridgehead atoms. The second kappa shape index (κ2) is 8.59. The van der Waals surface area contributed by atoms with Crippen LogP contribution >= 0.6 is 0 Å². The first-order valence-electron chi connectivity index (χ1n) is 9.22. The fraction of sp³-hybridized carbons (Fsp3) is 0.200. The first-order chi connectivity index (χ1) is 13.0. The molecule has 138 valence electrons. The minimum absolute atomic E-state index is 0.367. The van der Waals surface area contributed by atoms with Gasteiger partial charge in [-0.05, 0) is 62.6 Å². The highest BCUT2D eigenvalue weighted by Crippen LogP contribution is 2.24. The first-order valence-corrected chi connectivity index (χ1v) is 9.22. The molecule has 2 heteroatoms. The molecule has 0 saturated carbocycles. The third kappa shape index (κ3) is 5.24. The van der Waals surface area contributed by atoms with E-state index in [9.17, 15) is 0 Å². The molecule has 0 aliphatic rings. The van der Waals surface area contributed by atoms with E-state index in [1.807, 2.05) is 36.4 Å². The van der Waals surface area contributed by atoms with Crippen molar-refractivity contribution in [2.45, 2.75) is 27.7 Å². The minimum Gasteiger partial charge on any atom is -0.485 e. The summed E-state index contributed by atoms with van der Waals surface area (Å²) in [4.78, 5) is 0. The third-order valence-electron chi connectivity index (χ3n) is 4.40. The van der Waals surface area contributed by atoms with Crippen LogP contribution in [0.15, 0.2) is 72.5 Å². The second-order valence-electron chi connectivity index (χ2n) is 6.95. The molecule has 3 rings (SSSR count). The summed E-state index contributed by atoms with van der Waals surface area (Å²) in [5.41, 5.74) is 5.77. The van der Waals surface area contributed by atoms with Crippen molar-refractivity contribution in [3.63, 3.8) is 0 Å². The summed E-state index contributed by atoms with van der Waals surface area (Å²) in [7, 11) is 0. The van der Waals surface area contributed by atoms with Gasteiger partial charge in [-0.25, -0.2) is 0 Å². The summed E-state index contributed by atoms with van der Waals surface area (Å²) in [6, 6.07) is 22.6. The smallest absolute Gasteiger partial charge is 0.146 e. The van der Waals surface area contributed by atoms with Crippen molar-refractivity contribution < 1.29 is 9.47 Å². The number of benzene rings is 3. The highest BCUT2D eigenvalue weighted by molar-refractivity contribution is 5.52. The van der Waals surface area contributed by atoms with Crippen LogP contribution in [0.2, 0.25) is 0 Å². The van der Waals surface area contributed by atoms with E-state index >= 15 is 0 Å².